The van der Waals surface area contributed by atoms with Crippen LogP contribution in [-0.2, 0) is 10.0 Å². The average Bonchev–Trinajstić information content (AvgIpc) is 3.76. The number of sulfonamides is 1. The number of benzene rings is 1. The maximum absolute atomic E-state index is 13.1. The number of rotatable bonds is 5. The lowest BCUT2D eigenvalue weighted by atomic mass is 10.1. The van der Waals surface area contributed by atoms with E-state index in [4.69, 9.17) is 4.98 Å². The van der Waals surface area contributed by atoms with E-state index >= 15 is 0 Å². The molecule has 174 valence electrons. The Kier molecular flexibility index (Phi) is 5.09. The third-order valence-corrected chi connectivity index (χ3v) is 9.22. The Morgan fingerprint density at radius 3 is 2.21 bits per heavy atom. The number of piperazine rings is 1. The number of hydrogen-bond acceptors (Lipinski definition) is 5. The fraction of sp³-hybridized carbons (Fsp3) is 0.520. The summed E-state index contributed by atoms with van der Waals surface area (Å²) >= 11 is 0. The molecular formula is C25H30N4O3S. The first kappa shape index (κ1) is 21.0. The van der Waals surface area contributed by atoms with E-state index in [1.54, 1.807) is 24.3 Å². The van der Waals surface area contributed by atoms with Gasteiger partial charge in [0, 0.05) is 44.5 Å². The minimum absolute atomic E-state index is 0.00457. The Bertz CT molecular complexity index is 1160. The van der Waals surface area contributed by atoms with Crippen molar-refractivity contribution < 1.29 is 13.2 Å². The highest BCUT2D eigenvalue weighted by molar-refractivity contribution is 7.93. The predicted octanol–water partition coefficient (Wildman–Crippen LogP) is 3.34. The van der Waals surface area contributed by atoms with Crippen molar-refractivity contribution >= 4 is 27.4 Å². The second kappa shape index (κ2) is 8.01. The van der Waals surface area contributed by atoms with Crippen LogP contribution in [0.4, 0.5) is 11.5 Å². The quantitative estimate of drug-likeness (QED) is 0.676. The van der Waals surface area contributed by atoms with Gasteiger partial charge in [-0.2, -0.15) is 0 Å². The second-order valence-corrected chi connectivity index (χ2v) is 11.8. The zero-order chi connectivity index (χ0) is 22.6. The molecular weight excluding hydrogens is 436 g/mol. The van der Waals surface area contributed by atoms with Crippen molar-refractivity contribution in [2.45, 2.75) is 43.9 Å². The summed E-state index contributed by atoms with van der Waals surface area (Å²) in [6, 6.07) is 9.40. The van der Waals surface area contributed by atoms with E-state index in [-0.39, 0.29) is 11.7 Å². The number of pyridine rings is 1. The predicted molar refractivity (Wildman–Crippen MR) is 128 cm³/mol. The van der Waals surface area contributed by atoms with Crippen molar-refractivity contribution in [3.63, 3.8) is 0 Å². The Hall–Kier alpha value is -2.61. The van der Waals surface area contributed by atoms with Crippen molar-refractivity contribution in [1.82, 2.24) is 9.88 Å². The normalized spacial score (nSPS) is 22.6. The van der Waals surface area contributed by atoms with E-state index in [9.17, 15) is 13.2 Å². The van der Waals surface area contributed by atoms with Crippen LogP contribution in [0.25, 0.3) is 0 Å². The highest BCUT2D eigenvalue weighted by Crippen LogP contribution is 2.47. The molecule has 1 aromatic carbocycles. The van der Waals surface area contributed by atoms with Gasteiger partial charge in [0.05, 0.1) is 11.4 Å². The molecule has 1 aromatic heterocycles. The summed E-state index contributed by atoms with van der Waals surface area (Å²) in [5.41, 5.74) is 4.06. The molecule has 2 aliphatic heterocycles. The van der Waals surface area contributed by atoms with Crippen LogP contribution in [0.3, 0.4) is 0 Å². The molecule has 0 N–H and O–H groups in total. The first-order valence-corrected chi connectivity index (χ1v) is 13.7. The number of carbonyl (C=O) groups is 1. The van der Waals surface area contributed by atoms with Crippen molar-refractivity contribution in [2.24, 2.45) is 0 Å². The van der Waals surface area contributed by atoms with Crippen LogP contribution in [0.2, 0.25) is 0 Å². The maximum atomic E-state index is 13.1. The molecule has 6 rings (SSSR count). The lowest BCUT2D eigenvalue weighted by Gasteiger charge is -2.36. The van der Waals surface area contributed by atoms with Crippen LogP contribution >= 0.6 is 0 Å². The number of nitrogens with zero attached hydrogens (tertiary/aromatic N) is 4. The van der Waals surface area contributed by atoms with E-state index in [1.165, 1.54) is 41.1 Å². The molecule has 0 unspecified atom stereocenters. The van der Waals surface area contributed by atoms with Crippen LogP contribution in [0.15, 0.2) is 36.5 Å². The maximum Gasteiger partial charge on any atom is 0.253 e. The highest BCUT2D eigenvalue weighted by atomic mass is 32.2. The largest absolute Gasteiger partial charge is 0.353 e. The number of hydrogen-bond donors (Lipinski definition) is 0. The Morgan fingerprint density at radius 2 is 1.61 bits per heavy atom. The molecule has 0 bridgehead atoms. The number of aromatic nitrogens is 1. The summed E-state index contributed by atoms with van der Waals surface area (Å²) in [5, 5.41) is 0. The molecule has 0 spiro atoms. The topological polar surface area (TPSA) is 73.8 Å². The molecule has 33 heavy (non-hydrogen) atoms. The van der Waals surface area contributed by atoms with Gasteiger partial charge in [0.2, 0.25) is 10.0 Å². The summed E-state index contributed by atoms with van der Waals surface area (Å²) in [6.07, 6.45) is 7.82. The molecule has 4 aliphatic rings. The monoisotopic (exact) mass is 466 g/mol. The molecule has 2 aliphatic carbocycles. The van der Waals surface area contributed by atoms with Gasteiger partial charge in [0.1, 0.15) is 5.82 Å². The van der Waals surface area contributed by atoms with Crippen LogP contribution in [0, 0.1) is 0 Å². The van der Waals surface area contributed by atoms with Gasteiger partial charge in [0.15, 0.2) is 0 Å². The zero-order valence-corrected chi connectivity index (χ0v) is 19.6. The summed E-state index contributed by atoms with van der Waals surface area (Å²) in [6.45, 7) is 3.40. The third kappa shape index (κ3) is 4.09. The average molecular weight is 467 g/mol. The fourth-order valence-corrected chi connectivity index (χ4v) is 6.66. The smallest absolute Gasteiger partial charge is 0.253 e. The van der Waals surface area contributed by atoms with E-state index in [1.807, 2.05) is 4.90 Å². The first-order chi connectivity index (χ1) is 16.0. The van der Waals surface area contributed by atoms with Crippen molar-refractivity contribution in [3.8, 4) is 0 Å². The van der Waals surface area contributed by atoms with Gasteiger partial charge in [-0.15, -0.1) is 0 Å². The molecule has 0 atom stereocenters. The van der Waals surface area contributed by atoms with Crippen LogP contribution in [0.1, 0.15) is 65.4 Å². The number of anilines is 2. The van der Waals surface area contributed by atoms with E-state index in [0.717, 1.165) is 24.8 Å². The van der Waals surface area contributed by atoms with Gasteiger partial charge in [-0.05, 0) is 79.3 Å². The molecule has 2 aromatic rings. The Labute approximate surface area is 195 Å². The molecule has 2 saturated heterocycles. The standard InChI is InChI=1S/C25H30N4O3S/c30-25(20-6-8-22(9-7-20)29-10-1-15-33(29,31)32)28-13-11-27(12-14-28)24-23(19-4-5-19)16-21(17-26-24)18-2-3-18/h6-9,16-19H,1-5,10-15H2. The summed E-state index contributed by atoms with van der Waals surface area (Å²) in [4.78, 5) is 22.2. The summed E-state index contributed by atoms with van der Waals surface area (Å²) in [7, 11) is -3.21. The molecule has 4 fully saturated rings. The van der Waals surface area contributed by atoms with Gasteiger partial charge < -0.3 is 9.80 Å². The number of amides is 1. The van der Waals surface area contributed by atoms with Crippen LogP contribution in [0.5, 0.6) is 0 Å². The molecule has 2 saturated carbocycles. The van der Waals surface area contributed by atoms with Gasteiger partial charge in [-0.25, -0.2) is 13.4 Å². The SMILES string of the molecule is O=C(c1ccc(N2CCCS2(=O)=O)cc1)N1CCN(c2ncc(C3CC3)cc2C2CC2)CC1. The molecule has 7 nitrogen and oxygen atoms in total. The third-order valence-electron chi connectivity index (χ3n) is 7.35. The van der Waals surface area contributed by atoms with Crippen LogP contribution in [-0.4, -0.2) is 62.7 Å². The Balaban J connectivity index is 1.12. The van der Waals surface area contributed by atoms with Gasteiger partial charge in [-0.3, -0.25) is 9.10 Å². The molecule has 1 amide bonds. The van der Waals surface area contributed by atoms with Gasteiger partial charge >= 0.3 is 0 Å². The van der Waals surface area contributed by atoms with Crippen molar-refractivity contribution in [3.05, 3.63) is 53.2 Å². The lowest BCUT2D eigenvalue weighted by Crippen LogP contribution is -2.49. The lowest BCUT2D eigenvalue weighted by molar-refractivity contribution is 0.0746. The minimum atomic E-state index is -3.21. The van der Waals surface area contributed by atoms with E-state index in [0.29, 0.717) is 43.2 Å². The second-order valence-electron chi connectivity index (χ2n) is 9.80. The van der Waals surface area contributed by atoms with Gasteiger partial charge in [-0.1, -0.05) is 6.07 Å². The Morgan fingerprint density at radius 1 is 0.909 bits per heavy atom. The summed E-state index contributed by atoms with van der Waals surface area (Å²) in [5.74, 6) is 2.69. The first-order valence-electron chi connectivity index (χ1n) is 12.1. The molecule has 8 heteroatoms. The van der Waals surface area contributed by atoms with Crippen molar-refractivity contribution in [2.75, 3.05) is 47.7 Å². The zero-order valence-electron chi connectivity index (χ0n) is 18.8. The molecule has 0 radical (unpaired) electrons. The minimum Gasteiger partial charge on any atom is -0.353 e. The van der Waals surface area contributed by atoms with Gasteiger partial charge in [0.25, 0.3) is 5.91 Å². The molecule has 3 heterocycles. The highest BCUT2D eigenvalue weighted by Gasteiger charge is 2.33. The fourth-order valence-electron chi connectivity index (χ4n) is 5.09. The summed E-state index contributed by atoms with van der Waals surface area (Å²) < 4.78 is 25.7. The van der Waals surface area contributed by atoms with E-state index in [2.05, 4.69) is 17.2 Å². The van der Waals surface area contributed by atoms with E-state index < -0.39 is 10.0 Å². The van der Waals surface area contributed by atoms with Crippen LogP contribution < -0.4 is 9.21 Å². The number of carbonyl (C=O) groups excluding carboxylic acids is 1. The van der Waals surface area contributed by atoms with Crippen molar-refractivity contribution in [1.29, 1.82) is 0 Å².